The van der Waals surface area contributed by atoms with Crippen LogP contribution in [0.5, 0.6) is 11.5 Å². The van der Waals surface area contributed by atoms with Gasteiger partial charge in [-0.05, 0) is 35.7 Å². The number of Topliss-reactive ketones (excluding diaryl/α,β-unsaturated/α-hetero) is 1. The number of carbonyl (C=O) groups excluding carboxylic acids is 2. The molecule has 2 aliphatic heterocycles. The average Bonchev–Trinajstić information content (AvgIpc) is 3.45. The van der Waals surface area contributed by atoms with Crippen LogP contribution in [-0.2, 0) is 16.9 Å². The maximum absolute atomic E-state index is 13.2. The zero-order valence-corrected chi connectivity index (χ0v) is 16.1. The normalized spacial score (nSPS) is 19.5. The number of ether oxygens (including phenoxy) is 2. The van der Waals surface area contributed by atoms with Crippen molar-refractivity contribution in [3.8, 4) is 11.5 Å². The van der Waals surface area contributed by atoms with Crippen molar-refractivity contribution >= 4 is 28.7 Å². The molecule has 1 aromatic heterocycles. The van der Waals surface area contributed by atoms with Crippen molar-refractivity contribution in [2.45, 2.75) is 18.6 Å². The lowest BCUT2D eigenvalue weighted by Crippen LogP contribution is -2.41. The van der Waals surface area contributed by atoms with E-state index in [2.05, 4.69) is 0 Å². The zero-order valence-electron chi connectivity index (χ0n) is 15.3. The van der Waals surface area contributed by atoms with Gasteiger partial charge in [0.2, 0.25) is 6.79 Å². The molecule has 2 aromatic carbocycles. The summed E-state index contributed by atoms with van der Waals surface area (Å²) in [6, 6.07) is 15.8. The van der Waals surface area contributed by atoms with Crippen LogP contribution in [0.3, 0.4) is 0 Å². The van der Waals surface area contributed by atoms with Crippen LogP contribution < -0.4 is 14.4 Å². The van der Waals surface area contributed by atoms with Crippen LogP contribution in [0.2, 0.25) is 0 Å². The summed E-state index contributed by atoms with van der Waals surface area (Å²) < 4.78 is 10.6. The molecule has 3 aromatic rings. The summed E-state index contributed by atoms with van der Waals surface area (Å²) in [6.45, 7) is 0.467. The van der Waals surface area contributed by atoms with E-state index in [1.807, 2.05) is 23.6 Å². The number of hydrogen-bond donors (Lipinski definition) is 1. The maximum atomic E-state index is 13.2. The van der Waals surface area contributed by atoms with Crippen LogP contribution in [0.15, 0.2) is 60.0 Å². The Morgan fingerprint density at radius 3 is 2.76 bits per heavy atom. The van der Waals surface area contributed by atoms with E-state index >= 15 is 0 Å². The molecule has 0 unspecified atom stereocenters. The van der Waals surface area contributed by atoms with Gasteiger partial charge in [0.15, 0.2) is 22.9 Å². The predicted octanol–water partition coefficient (Wildman–Crippen LogP) is 3.48. The van der Waals surface area contributed by atoms with E-state index in [1.165, 1.54) is 0 Å². The number of rotatable bonds is 5. The maximum Gasteiger partial charge on any atom is 0.264 e. The van der Waals surface area contributed by atoms with E-state index in [1.54, 1.807) is 52.6 Å². The van der Waals surface area contributed by atoms with Gasteiger partial charge in [-0.2, -0.15) is 0 Å². The molecular weight excluding hydrogens is 390 g/mol. The number of ketones is 1. The first-order chi connectivity index (χ1) is 14.1. The van der Waals surface area contributed by atoms with Crippen LogP contribution in [0.1, 0.15) is 27.2 Å². The first-order valence-corrected chi connectivity index (χ1v) is 10.0. The lowest BCUT2D eigenvalue weighted by atomic mass is 9.88. The summed E-state index contributed by atoms with van der Waals surface area (Å²) >= 11 is 1.54. The van der Waals surface area contributed by atoms with E-state index in [0.717, 1.165) is 4.88 Å². The second kappa shape index (κ2) is 6.72. The number of anilines is 1. The first-order valence-electron chi connectivity index (χ1n) is 9.15. The molecule has 1 atom stereocenters. The van der Waals surface area contributed by atoms with E-state index in [9.17, 15) is 14.7 Å². The summed E-state index contributed by atoms with van der Waals surface area (Å²) in [5, 5.41) is 13.3. The molecule has 0 saturated heterocycles. The summed E-state index contributed by atoms with van der Waals surface area (Å²) in [4.78, 5) is 28.8. The van der Waals surface area contributed by atoms with Crippen molar-refractivity contribution in [3.63, 3.8) is 0 Å². The molecule has 5 rings (SSSR count). The highest BCUT2D eigenvalue weighted by molar-refractivity contribution is 7.09. The molecular formula is C22H17NO5S. The minimum Gasteiger partial charge on any atom is -0.454 e. The second-order valence-corrected chi connectivity index (χ2v) is 8.05. The van der Waals surface area contributed by atoms with E-state index < -0.39 is 11.5 Å². The fourth-order valence-electron chi connectivity index (χ4n) is 3.80. The number of carbonyl (C=O) groups is 2. The summed E-state index contributed by atoms with van der Waals surface area (Å²) in [5.74, 6) is 0.234. The Morgan fingerprint density at radius 2 is 1.93 bits per heavy atom. The number of para-hydroxylation sites is 1. The van der Waals surface area contributed by atoms with Crippen molar-refractivity contribution in [2.75, 3.05) is 11.7 Å². The highest BCUT2D eigenvalue weighted by atomic mass is 32.1. The third kappa shape index (κ3) is 2.90. The number of benzene rings is 2. The molecule has 0 fully saturated rings. The molecule has 29 heavy (non-hydrogen) atoms. The van der Waals surface area contributed by atoms with Gasteiger partial charge in [0.25, 0.3) is 5.91 Å². The molecule has 7 heteroatoms. The predicted molar refractivity (Wildman–Crippen MR) is 107 cm³/mol. The number of thiophene rings is 1. The number of amides is 1. The van der Waals surface area contributed by atoms with Crippen LogP contribution >= 0.6 is 11.3 Å². The van der Waals surface area contributed by atoms with Gasteiger partial charge in [-0.1, -0.05) is 24.3 Å². The molecule has 0 bridgehead atoms. The highest BCUT2D eigenvalue weighted by Crippen LogP contribution is 2.44. The third-order valence-corrected chi connectivity index (χ3v) is 6.11. The van der Waals surface area contributed by atoms with Gasteiger partial charge in [-0.3, -0.25) is 9.59 Å². The quantitative estimate of drug-likeness (QED) is 0.656. The summed E-state index contributed by atoms with van der Waals surface area (Å²) in [7, 11) is 0. The van der Waals surface area contributed by atoms with Crippen LogP contribution in [0, 0.1) is 0 Å². The van der Waals surface area contributed by atoms with Crippen molar-refractivity contribution in [3.05, 3.63) is 76.0 Å². The number of hydrogen-bond acceptors (Lipinski definition) is 6. The molecule has 0 aliphatic carbocycles. The molecule has 3 heterocycles. The SMILES string of the molecule is O=C(C[C@]1(O)C(=O)N(Cc2cccs2)c2ccccc21)c1ccc2c(c1)OCO2. The Hall–Kier alpha value is -3.16. The zero-order chi connectivity index (χ0) is 20.0. The van der Waals surface area contributed by atoms with Gasteiger partial charge in [0.05, 0.1) is 18.7 Å². The lowest BCUT2D eigenvalue weighted by Gasteiger charge is -2.22. The molecule has 0 radical (unpaired) electrons. The Kier molecular flexibility index (Phi) is 4.15. The number of nitrogens with zero attached hydrogens (tertiary/aromatic N) is 1. The van der Waals surface area contributed by atoms with Crippen molar-refractivity contribution in [1.82, 2.24) is 0 Å². The van der Waals surface area contributed by atoms with Gasteiger partial charge in [0.1, 0.15) is 0 Å². The number of aliphatic hydroxyl groups is 1. The van der Waals surface area contributed by atoms with Crippen molar-refractivity contribution < 1.29 is 24.2 Å². The molecule has 0 spiro atoms. The van der Waals surface area contributed by atoms with Gasteiger partial charge >= 0.3 is 0 Å². The molecule has 1 amide bonds. The second-order valence-electron chi connectivity index (χ2n) is 7.02. The monoisotopic (exact) mass is 407 g/mol. The Morgan fingerprint density at radius 1 is 1.10 bits per heavy atom. The number of fused-ring (bicyclic) bond motifs is 2. The van der Waals surface area contributed by atoms with Crippen LogP contribution in [0.25, 0.3) is 0 Å². The molecule has 2 aliphatic rings. The van der Waals surface area contributed by atoms with Gasteiger partial charge < -0.3 is 19.5 Å². The fraction of sp³-hybridized carbons (Fsp3) is 0.182. The lowest BCUT2D eigenvalue weighted by molar-refractivity contribution is -0.136. The van der Waals surface area contributed by atoms with Crippen LogP contribution in [0.4, 0.5) is 5.69 Å². The van der Waals surface area contributed by atoms with Gasteiger partial charge in [-0.15, -0.1) is 11.3 Å². The molecule has 146 valence electrons. The van der Waals surface area contributed by atoms with Gasteiger partial charge in [0, 0.05) is 16.0 Å². The first kappa shape index (κ1) is 17.9. The Bertz CT molecular complexity index is 1110. The Labute approximate surface area is 170 Å². The highest BCUT2D eigenvalue weighted by Gasteiger charge is 2.50. The smallest absolute Gasteiger partial charge is 0.264 e. The van der Waals surface area contributed by atoms with Crippen LogP contribution in [-0.4, -0.2) is 23.6 Å². The molecule has 1 N–H and O–H groups in total. The molecule has 0 saturated carbocycles. The van der Waals surface area contributed by atoms with E-state index in [0.29, 0.717) is 34.9 Å². The van der Waals surface area contributed by atoms with Gasteiger partial charge in [-0.25, -0.2) is 0 Å². The minimum absolute atomic E-state index is 0.112. The Balaban J connectivity index is 1.47. The van der Waals surface area contributed by atoms with Crippen molar-refractivity contribution in [2.24, 2.45) is 0 Å². The standard InChI is InChI=1S/C22H17NO5S/c24-18(14-7-8-19-20(10-14)28-13-27-19)11-22(26)16-5-1-2-6-17(16)23(21(22)25)12-15-4-3-9-29-15/h1-10,26H,11-13H2/t22-/m1/s1. The minimum atomic E-state index is -1.90. The largest absolute Gasteiger partial charge is 0.454 e. The van der Waals surface area contributed by atoms with Crippen molar-refractivity contribution in [1.29, 1.82) is 0 Å². The summed E-state index contributed by atoms with van der Waals surface area (Å²) in [5.41, 5.74) is -0.450. The molecule has 6 nitrogen and oxygen atoms in total. The topological polar surface area (TPSA) is 76.1 Å². The summed E-state index contributed by atoms with van der Waals surface area (Å²) in [6.07, 6.45) is -0.344. The van der Waals surface area contributed by atoms with E-state index in [4.69, 9.17) is 9.47 Å². The fourth-order valence-corrected chi connectivity index (χ4v) is 4.49. The van der Waals surface area contributed by atoms with E-state index in [-0.39, 0.29) is 19.0 Å². The third-order valence-electron chi connectivity index (χ3n) is 5.24. The average molecular weight is 407 g/mol.